The fourth-order valence-electron chi connectivity index (χ4n) is 2.98. The molecular formula is C19H26Cl2N4O. The summed E-state index contributed by atoms with van der Waals surface area (Å²) in [5.41, 5.74) is 3.83. The average Bonchev–Trinajstić information content (AvgIpc) is 2.62. The van der Waals surface area contributed by atoms with Crippen LogP contribution in [0.25, 0.3) is 11.1 Å². The van der Waals surface area contributed by atoms with E-state index in [9.17, 15) is 4.79 Å². The van der Waals surface area contributed by atoms with Gasteiger partial charge in [0.1, 0.15) is 0 Å². The lowest BCUT2D eigenvalue weighted by molar-refractivity contribution is 0.0655. The van der Waals surface area contributed by atoms with Crippen LogP contribution in [-0.2, 0) is 0 Å². The topological polar surface area (TPSA) is 48.5 Å². The van der Waals surface area contributed by atoms with Gasteiger partial charge in [0.05, 0.1) is 5.56 Å². The molecule has 0 radical (unpaired) electrons. The molecule has 0 bridgehead atoms. The van der Waals surface area contributed by atoms with Crippen LogP contribution in [0.2, 0.25) is 0 Å². The number of halogens is 2. The van der Waals surface area contributed by atoms with E-state index in [0.717, 1.165) is 36.4 Å². The molecule has 2 heterocycles. The van der Waals surface area contributed by atoms with Gasteiger partial charge in [-0.2, -0.15) is 0 Å². The molecule has 1 aliphatic rings. The standard InChI is InChI=1S/C19H24N4O.2ClH/c1-14-11-20-8-9-23(14)19(24)17-10-16(12-21-13-17)15-4-6-18(7-5-15)22(2)3;;/h4-7,10,12-14,20H,8-9,11H2,1-3H3;2*1H/t14-;;/m0../s1. The van der Waals surface area contributed by atoms with Gasteiger partial charge in [0.2, 0.25) is 0 Å². The molecule has 1 atom stereocenters. The Labute approximate surface area is 167 Å². The average molecular weight is 397 g/mol. The van der Waals surface area contributed by atoms with E-state index in [1.165, 1.54) is 0 Å². The summed E-state index contributed by atoms with van der Waals surface area (Å²) in [5, 5.41) is 3.31. The predicted octanol–water partition coefficient (Wildman–Crippen LogP) is 3.09. The van der Waals surface area contributed by atoms with Crippen LogP contribution in [0.4, 0.5) is 5.69 Å². The molecule has 1 fully saturated rings. The van der Waals surface area contributed by atoms with Crippen molar-refractivity contribution in [2.24, 2.45) is 0 Å². The van der Waals surface area contributed by atoms with Crippen molar-refractivity contribution >= 4 is 36.4 Å². The molecular weight excluding hydrogens is 371 g/mol. The van der Waals surface area contributed by atoms with E-state index in [1.54, 1.807) is 6.20 Å². The largest absolute Gasteiger partial charge is 0.378 e. The van der Waals surface area contributed by atoms with Crippen molar-refractivity contribution < 1.29 is 4.79 Å². The molecule has 3 rings (SSSR count). The van der Waals surface area contributed by atoms with Gasteiger partial charge in [0.15, 0.2) is 0 Å². The number of benzene rings is 1. The maximum atomic E-state index is 12.8. The van der Waals surface area contributed by atoms with Crippen LogP contribution in [0.1, 0.15) is 17.3 Å². The second-order valence-electron chi connectivity index (χ2n) is 6.46. The van der Waals surface area contributed by atoms with Crippen LogP contribution in [-0.4, -0.2) is 55.6 Å². The van der Waals surface area contributed by atoms with E-state index in [2.05, 4.69) is 46.4 Å². The molecule has 7 heteroatoms. The summed E-state index contributed by atoms with van der Waals surface area (Å²) in [5.74, 6) is 0.0586. The first-order valence-corrected chi connectivity index (χ1v) is 8.31. The Morgan fingerprint density at radius 3 is 2.46 bits per heavy atom. The highest BCUT2D eigenvalue weighted by molar-refractivity contribution is 5.95. The van der Waals surface area contributed by atoms with Gasteiger partial charge in [-0.3, -0.25) is 9.78 Å². The number of carbonyl (C=O) groups excluding carboxylic acids is 1. The molecule has 0 unspecified atom stereocenters. The Morgan fingerprint density at radius 2 is 1.85 bits per heavy atom. The van der Waals surface area contributed by atoms with Crippen LogP contribution in [0, 0.1) is 0 Å². The number of aromatic nitrogens is 1. The maximum absolute atomic E-state index is 12.8. The molecule has 142 valence electrons. The van der Waals surface area contributed by atoms with Gasteiger partial charge >= 0.3 is 0 Å². The number of amides is 1. The van der Waals surface area contributed by atoms with E-state index < -0.39 is 0 Å². The van der Waals surface area contributed by atoms with Crippen molar-refractivity contribution in [3.63, 3.8) is 0 Å². The Balaban J connectivity index is 0.00000169. The van der Waals surface area contributed by atoms with Crippen molar-refractivity contribution in [2.75, 3.05) is 38.6 Å². The van der Waals surface area contributed by atoms with Gasteiger partial charge in [-0.25, -0.2) is 0 Å². The van der Waals surface area contributed by atoms with Gasteiger partial charge < -0.3 is 15.1 Å². The van der Waals surface area contributed by atoms with Crippen LogP contribution < -0.4 is 10.2 Å². The molecule has 0 saturated carbocycles. The van der Waals surface area contributed by atoms with Crippen molar-refractivity contribution in [3.05, 3.63) is 48.3 Å². The smallest absolute Gasteiger partial charge is 0.255 e. The van der Waals surface area contributed by atoms with Gasteiger partial charge in [-0.15, -0.1) is 24.8 Å². The van der Waals surface area contributed by atoms with E-state index in [1.807, 2.05) is 31.3 Å². The van der Waals surface area contributed by atoms with Crippen molar-refractivity contribution in [1.29, 1.82) is 0 Å². The molecule has 26 heavy (non-hydrogen) atoms. The van der Waals surface area contributed by atoms with Crippen molar-refractivity contribution in [1.82, 2.24) is 15.2 Å². The summed E-state index contributed by atoms with van der Waals surface area (Å²) < 4.78 is 0. The summed E-state index contributed by atoms with van der Waals surface area (Å²) in [7, 11) is 4.04. The summed E-state index contributed by atoms with van der Waals surface area (Å²) in [4.78, 5) is 21.1. The third kappa shape index (κ3) is 4.87. The van der Waals surface area contributed by atoms with Gasteiger partial charge in [0, 0.05) is 63.4 Å². The molecule has 1 aliphatic heterocycles. The van der Waals surface area contributed by atoms with Crippen LogP contribution in [0.15, 0.2) is 42.7 Å². The zero-order chi connectivity index (χ0) is 17.1. The molecule has 5 nitrogen and oxygen atoms in total. The minimum atomic E-state index is 0. The summed E-state index contributed by atoms with van der Waals surface area (Å²) in [6.45, 7) is 4.49. The zero-order valence-electron chi connectivity index (χ0n) is 15.3. The first-order chi connectivity index (χ1) is 11.6. The monoisotopic (exact) mass is 396 g/mol. The lowest BCUT2D eigenvalue weighted by Gasteiger charge is -2.34. The number of anilines is 1. The fourth-order valence-corrected chi connectivity index (χ4v) is 2.98. The van der Waals surface area contributed by atoms with Gasteiger partial charge in [0.25, 0.3) is 5.91 Å². The zero-order valence-corrected chi connectivity index (χ0v) is 16.9. The van der Waals surface area contributed by atoms with E-state index >= 15 is 0 Å². The van der Waals surface area contributed by atoms with Crippen LogP contribution in [0.3, 0.4) is 0 Å². The number of piperazine rings is 1. The Bertz CT molecular complexity index is 722. The number of carbonyl (C=O) groups is 1. The number of rotatable bonds is 3. The number of hydrogen-bond donors (Lipinski definition) is 1. The predicted molar refractivity (Wildman–Crippen MR) is 112 cm³/mol. The minimum Gasteiger partial charge on any atom is -0.378 e. The third-order valence-corrected chi connectivity index (χ3v) is 4.46. The summed E-state index contributed by atoms with van der Waals surface area (Å²) in [6, 6.07) is 10.4. The highest BCUT2D eigenvalue weighted by Gasteiger charge is 2.24. The molecule has 2 aromatic rings. The van der Waals surface area contributed by atoms with E-state index in [-0.39, 0.29) is 36.8 Å². The molecule has 0 spiro atoms. The second kappa shape index (κ2) is 9.76. The van der Waals surface area contributed by atoms with E-state index in [0.29, 0.717) is 5.56 Å². The van der Waals surface area contributed by atoms with Crippen LogP contribution in [0.5, 0.6) is 0 Å². The normalized spacial score (nSPS) is 16.3. The Morgan fingerprint density at radius 1 is 1.15 bits per heavy atom. The third-order valence-electron chi connectivity index (χ3n) is 4.46. The van der Waals surface area contributed by atoms with Crippen molar-refractivity contribution in [2.45, 2.75) is 13.0 Å². The van der Waals surface area contributed by atoms with Gasteiger partial charge in [-0.1, -0.05) is 12.1 Å². The molecule has 1 N–H and O–H groups in total. The lowest BCUT2D eigenvalue weighted by atomic mass is 10.0. The molecule has 1 saturated heterocycles. The second-order valence-corrected chi connectivity index (χ2v) is 6.46. The number of pyridine rings is 1. The van der Waals surface area contributed by atoms with Crippen LogP contribution >= 0.6 is 24.8 Å². The number of nitrogens with zero attached hydrogens (tertiary/aromatic N) is 3. The molecule has 1 amide bonds. The molecule has 1 aromatic heterocycles. The highest BCUT2D eigenvalue weighted by Crippen LogP contribution is 2.23. The first-order valence-electron chi connectivity index (χ1n) is 8.31. The minimum absolute atomic E-state index is 0. The SMILES string of the molecule is C[C@H]1CNCCN1C(=O)c1cncc(-c2ccc(N(C)C)cc2)c1.Cl.Cl. The maximum Gasteiger partial charge on any atom is 0.255 e. The number of nitrogens with one attached hydrogen (secondary N) is 1. The van der Waals surface area contributed by atoms with Gasteiger partial charge in [-0.05, 0) is 30.7 Å². The summed E-state index contributed by atoms with van der Waals surface area (Å²) >= 11 is 0. The summed E-state index contributed by atoms with van der Waals surface area (Å²) in [6.07, 6.45) is 3.47. The first kappa shape index (κ1) is 22.2. The van der Waals surface area contributed by atoms with E-state index in [4.69, 9.17) is 0 Å². The number of hydrogen-bond acceptors (Lipinski definition) is 4. The fraction of sp³-hybridized carbons (Fsp3) is 0.368. The Kier molecular flexibility index (Phi) is 8.34. The molecule has 1 aromatic carbocycles. The lowest BCUT2D eigenvalue weighted by Crippen LogP contribution is -2.52. The van der Waals surface area contributed by atoms with Crippen molar-refractivity contribution in [3.8, 4) is 11.1 Å². The molecule has 0 aliphatic carbocycles. The Hall–Kier alpha value is -1.82. The quantitative estimate of drug-likeness (QED) is 0.865. The highest BCUT2D eigenvalue weighted by atomic mass is 35.5.